The molecule has 0 saturated carbocycles. The quantitative estimate of drug-likeness (QED) is 0.0670. The van der Waals surface area contributed by atoms with Gasteiger partial charge in [0, 0.05) is 18.3 Å². The van der Waals surface area contributed by atoms with Crippen LogP contribution in [0.2, 0.25) is 6.32 Å². The number of benzene rings is 3. The van der Waals surface area contributed by atoms with Gasteiger partial charge in [-0.1, -0.05) is 42.5 Å². The Kier molecular flexibility index (Phi) is 9.29. The van der Waals surface area contributed by atoms with E-state index in [2.05, 4.69) is 4.98 Å². The minimum absolute atomic E-state index is 0.111. The number of non-ortho nitro benzene ring substituents is 1. The van der Waals surface area contributed by atoms with Crippen LogP contribution in [0.15, 0.2) is 114 Å². The zero-order chi connectivity index (χ0) is 34.8. The van der Waals surface area contributed by atoms with Crippen LogP contribution in [0.3, 0.4) is 0 Å². The van der Waals surface area contributed by atoms with Crippen LogP contribution >= 0.6 is 0 Å². The largest absolute Gasteiger partial charge is 0.508 e. The highest BCUT2D eigenvalue weighted by molar-refractivity contribution is 6.43. The van der Waals surface area contributed by atoms with Crippen molar-refractivity contribution >= 4 is 42.0 Å². The van der Waals surface area contributed by atoms with Gasteiger partial charge >= 0.3 is 7.12 Å². The third-order valence-electron chi connectivity index (χ3n) is 9.67. The Morgan fingerprint density at radius 1 is 1.00 bits per heavy atom. The van der Waals surface area contributed by atoms with E-state index in [0.29, 0.717) is 18.6 Å². The molecule has 252 valence electrons. The lowest BCUT2D eigenvalue weighted by atomic mass is 9.58. The van der Waals surface area contributed by atoms with E-state index in [4.69, 9.17) is 9.39 Å². The average Bonchev–Trinajstić information content (AvgIpc) is 3.39. The first-order valence-corrected chi connectivity index (χ1v) is 16.5. The van der Waals surface area contributed by atoms with Crippen molar-refractivity contribution < 1.29 is 34.0 Å². The lowest BCUT2D eigenvalue weighted by Crippen LogP contribution is -2.46. The van der Waals surface area contributed by atoms with Crippen LogP contribution in [0.5, 0.6) is 11.5 Å². The molecule has 0 radical (unpaired) electrons. The molecule has 2 saturated heterocycles. The maximum absolute atomic E-state index is 14.2. The Hall–Kier alpha value is -5.59. The number of imide groups is 1. The summed E-state index contributed by atoms with van der Waals surface area (Å²) in [5.41, 5.74) is 4.16. The molecule has 0 spiro atoms. The predicted molar refractivity (Wildman–Crippen MR) is 187 cm³/mol. The molecule has 3 heterocycles. The number of nitro groups is 1. The summed E-state index contributed by atoms with van der Waals surface area (Å²) in [6.45, 7) is 0.156. The number of hydrogen-bond donors (Lipinski definition) is 2. The van der Waals surface area contributed by atoms with E-state index in [1.807, 2.05) is 66.7 Å². The molecule has 2 aliphatic heterocycles. The second-order valence-electron chi connectivity index (χ2n) is 12.7. The fourth-order valence-corrected chi connectivity index (χ4v) is 7.47. The first-order chi connectivity index (χ1) is 24.3. The standard InChI is InChI=1S/C38H34BN3O8/c43-29-15-12-24(13-16-29)19-25(33-11-4-5-18-40-33)14-17-34-35-26(23-49-30-9-2-1-3-10-30)20-31-36(32(35)22-39(46)50-34)38(45)41(37(31)44)27-7-6-8-28(21-27)42(47)48/h1-13,15-16,18-19,21,31-32,34,36,43,46H,14,17,20,22-23H2/b25-19-/t31-,32+,34-,36-/m1/s1. The lowest BCUT2D eigenvalue weighted by molar-refractivity contribution is -0.384. The molecule has 3 aliphatic rings. The smallest absolute Gasteiger partial charge is 0.455 e. The highest BCUT2D eigenvalue weighted by Gasteiger charge is 2.57. The Balaban J connectivity index is 1.24. The molecular weight excluding hydrogens is 637 g/mol. The second-order valence-corrected chi connectivity index (χ2v) is 12.7. The van der Waals surface area contributed by atoms with Gasteiger partial charge in [0.05, 0.1) is 34.2 Å². The molecule has 2 amide bonds. The summed E-state index contributed by atoms with van der Waals surface area (Å²) in [4.78, 5) is 44.8. The third-order valence-corrected chi connectivity index (χ3v) is 9.67. The van der Waals surface area contributed by atoms with Gasteiger partial charge < -0.3 is 19.5 Å². The van der Waals surface area contributed by atoms with E-state index >= 15 is 0 Å². The van der Waals surface area contributed by atoms with Crippen molar-refractivity contribution in [3.63, 3.8) is 0 Å². The normalized spacial score (nSPS) is 22.0. The molecule has 7 rings (SSSR count). The molecule has 4 atom stereocenters. The van der Waals surface area contributed by atoms with Crippen LogP contribution < -0.4 is 9.64 Å². The van der Waals surface area contributed by atoms with Crippen molar-refractivity contribution in [3.8, 4) is 11.5 Å². The molecule has 50 heavy (non-hydrogen) atoms. The average molecular weight is 672 g/mol. The Labute approximate surface area is 288 Å². The highest BCUT2D eigenvalue weighted by Crippen LogP contribution is 2.51. The molecule has 3 aromatic carbocycles. The SMILES string of the molecule is O=C1[C@@H]2[C@@H](CC(COc3ccccc3)=C3[C@@H](CC/C(=C/c4ccc(O)cc4)c4ccccn4)OB(O)C[C@@H]32)C(=O)N1c1cccc([N+](=O)[O-])c1. The first kappa shape index (κ1) is 32.9. The van der Waals surface area contributed by atoms with E-state index in [9.17, 15) is 29.8 Å². The molecule has 12 heteroatoms. The summed E-state index contributed by atoms with van der Waals surface area (Å²) >= 11 is 0. The summed E-state index contributed by atoms with van der Waals surface area (Å²) in [7, 11) is -1.18. The number of fused-ring (bicyclic) bond motifs is 3. The van der Waals surface area contributed by atoms with Gasteiger partial charge in [-0.25, -0.2) is 4.90 Å². The molecule has 1 aliphatic carbocycles. The Morgan fingerprint density at radius 2 is 1.78 bits per heavy atom. The summed E-state index contributed by atoms with van der Waals surface area (Å²) in [6, 6.07) is 27.4. The number of hydrogen-bond acceptors (Lipinski definition) is 9. The van der Waals surface area contributed by atoms with Crippen LogP contribution in [0.4, 0.5) is 11.4 Å². The number of nitrogens with zero attached hydrogens (tertiary/aromatic N) is 3. The number of pyridine rings is 1. The summed E-state index contributed by atoms with van der Waals surface area (Å²) in [5, 5.41) is 32.4. The zero-order valence-corrected chi connectivity index (χ0v) is 27.0. The topological polar surface area (TPSA) is 152 Å². The molecule has 11 nitrogen and oxygen atoms in total. The molecule has 4 aromatic rings. The van der Waals surface area contributed by atoms with Crippen LogP contribution in [0, 0.1) is 27.9 Å². The minimum atomic E-state index is -1.18. The predicted octanol–water partition coefficient (Wildman–Crippen LogP) is 6.10. The molecule has 2 N–H and O–H groups in total. The number of carbonyl (C=O) groups excluding carboxylic acids is 2. The number of para-hydroxylation sites is 1. The third kappa shape index (κ3) is 6.67. The zero-order valence-electron chi connectivity index (χ0n) is 27.0. The molecular formula is C38H34BN3O8. The molecule has 0 unspecified atom stereocenters. The fraction of sp³-hybridized carbons (Fsp3) is 0.237. The summed E-state index contributed by atoms with van der Waals surface area (Å²) < 4.78 is 12.4. The van der Waals surface area contributed by atoms with Gasteiger partial charge in [-0.2, -0.15) is 0 Å². The van der Waals surface area contributed by atoms with Crippen LogP contribution in [0.1, 0.15) is 30.5 Å². The fourth-order valence-electron chi connectivity index (χ4n) is 7.47. The molecule has 1 aromatic heterocycles. The number of rotatable bonds is 10. The number of aromatic nitrogens is 1. The Bertz CT molecular complexity index is 1970. The van der Waals surface area contributed by atoms with Crippen molar-refractivity contribution in [3.05, 3.63) is 136 Å². The van der Waals surface area contributed by atoms with E-state index in [0.717, 1.165) is 32.9 Å². The van der Waals surface area contributed by atoms with Gasteiger partial charge in [-0.3, -0.25) is 24.7 Å². The number of nitro benzene ring substituents is 1. The van der Waals surface area contributed by atoms with Gasteiger partial charge in [-0.15, -0.1) is 0 Å². The number of amides is 2. The van der Waals surface area contributed by atoms with Crippen molar-refractivity contribution in [2.75, 3.05) is 11.5 Å². The van der Waals surface area contributed by atoms with Gasteiger partial charge in [0.1, 0.15) is 18.1 Å². The number of phenols is 1. The van der Waals surface area contributed by atoms with Gasteiger partial charge in [-0.05, 0) is 102 Å². The first-order valence-electron chi connectivity index (χ1n) is 16.5. The van der Waals surface area contributed by atoms with Crippen molar-refractivity contribution in [1.29, 1.82) is 0 Å². The van der Waals surface area contributed by atoms with E-state index in [1.165, 1.54) is 24.3 Å². The number of aromatic hydroxyl groups is 1. The van der Waals surface area contributed by atoms with Crippen LogP contribution in [0.25, 0.3) is 11.6 Å². The number of allylic oxidation sites excluding steroid dienone is 1. The highest BCUT2D eigenvalue weighted by atomic mass is 16.6. The van der Waals surface area contributed by atoms with Crippen LogP contribution in [-0.4, -0.2) is 51.7 Å². The van der Waals surface area contributed by atoms with Crippen LogP contribution in [-0.2, 0) is 14.2 Å². The number of carbonyl (C=O) groups is 2. The van der Waals surface area contributed by atoms with Gasteiger partial charge in [0.2, 0.25) is 11.8 Å². The number of phenolic OH excluding ortho intramolecular Hbond substituents is 1. The van der Waals surface area contributed by atoms with Crippen molar-refractivity contribution in [2.45, 2.75) is 31.7 Å². The second kappa shape index (κ2) is 14.1. The Morgan fingerprint density at radius 3 is 2.52 bits per heavy atom. The molecule has 0 bridgehead atoms. The summed E-state index contributed by atoms with van der Waals surface area (Å²) in [6.07, 6.45) is 4.41. The monoisotopic (exact) mass is 671 g/mol. The maximum atomic E-state index is 14.2. The minimum Gasteiger partial charge on any atom is -0.508 e. The van der Waals surface area contributed by atoms with E-state index in [-0.39, 0.29) is 36.5 Å². The lowest BCUT2D eigenvalue weighted by Gasteiger charge is -2.43. The number of ether oxygens (including phenoxy) is 1. The molecule has 2 fully saturated rings. The maximum Gasteiger partial charge on any atom is 0.455 e. The van der Waals surface area contributed by atoms with Crippen molar-refractivity contribution in [2.24, 2.45) is 17.8 Å². The van der Waals surface area contributed by atoms with Crippen molar-refractivity contribution in [1.82, 2.24) is 4.98 Å². The van der Waals surface area contributed by atoms with Gasteiger partial charge in [0.15, 0.2) is 0 Å². The summed E-state index contributed by atoms with van der Waals surface area (Å²) in [5.74, 6) is -2.08. The van der Waals surface area contributed by atoms with E-state index in [1.54, 1.807) is 18.3 Å². The number of anilines is 1. The van der Waals surface area contributed by atoms with Gasteiger partial charge in [0.25, 0.3) is 5.69 Å². The van der Waals surface area contributed by atoms with E-state index < -0.39 is 47.7 Å².